The molecule has 9 heteroatoms. The first-order chi connectivity index (χ1) is 12.7. The van der Waals surface area contributed by atoms with Gasteiger partial charge in [0.25, 0.3) is 0 Å². The van der Waals surface area contributed by atoms with Gasteiger partial charge in [-0.15, -0.1) is 0 Å². The molecule has 0 aliphatic rings. The van der Waals surface area contributed by atoms with Crippen LogP contribution in [0.15, 0.2) is 35.1 Å². The molecular weight excluding hydrogens is 368 g/mol. The molecule has 2 aromatic carbocycles. The highest BCUT2D eigenvalue weighted by atomic mass is 19.4. The van der Waals surface area contributed by atoms with Crippen molar-refractivity contribution in [3.8, 4) is 11.5 Å². The smallest absolute Gasteiger partial charge is 0.416 e. The molecule has 1 N–H and O–H groups in total. The Labute approximate surface area is 151 Å². The largest absolute Gasteiger partial charge is 0.493 e. The van der Waals surface area contributed by atoms with Gasteiger partial charge in [-0.3, -0.25) is 4.57 Å². The molecule has 3 aromatic rings. The van der Waals surface area contributed by atoms with Crippen molar-refractivity contribution in [2.24, 2.45) is 0 Å². The van der Waals surface area contributed by atoms with E-state index < -0.39 is 23.2 Å². The molecular formula is C18H16F4N2O3. The fourth-order valence-corrected chi connectivity index (χ4v) is 2.84. The predicted molar refractivity (Wildman–Crippen MR) is 90.8 cm³/mol. The number of H-pyrrole nitrogens is 1. The summed E-state index contributed by atoms with van der Waals surface area (Å²) in [5.74, 6) is -0.185. The van der Waals surface area contributed by atoms with Gasteiger partial charge >= 0.3 is 11.9 Å². The van der Waals surface area contributed by atoms with Crippen molar-refractivity contribution in [3.05, 3.63) is 57.8 Å². The molecule has 27 heavy (non-hydrogen) atoms. The normalized spacial score (nSPS) is 11.8. The van der Waals surface area contributed by atoms with Crippen LogP contribution >= 0.6 is 0 Å². The van der Waals surface area contributed by atoms with E-state index in [2.05, 4.69) is 4.98 Å². The average Bonchev–Trinajstić information content (AvgIpc) is 2.91. The van der Waals surface area contributed by atoms with Crippen molar-refractivity contribution in [1.82, 2.24) is 9.55 Å². The summed E-state index contributed by atoms with van der Waals surface area (Å²) in [6.45, 7) is 2.14. The van der Waals surface area contributed by atoms with Gasteiger partial charge in [0, 0.05) is 0 Å². The molecule has 3 rings (SSSR count). The fourth-order valence-electron chi connectivity index (χ4n) is 2.84. The second kappa shape index (κ2) is 6.98. The molecule has 144 valence electrons. The Morgan fingerprint density at radius 2 is 1.89 bits per heavy atom. The minimum atomic E-state index is -4.71. The third-order valence-corrected chi connectivity index (χ3v) is 4.02. The third-order valence-electron chi connectivity index (χ3n) is 4.02. The Bertz CT molecular complexity index is 1040. The van der Waals surface area contributed by atoms with E-state index in [-0.39, 0.29) is 17.6 Å². The summed E-state index contributed by atoms with van der Waals surface area (Å²) in [6.07, 6.45) is -4.71. The van der Waals surface area contributed by atoms with E-state index in [1.807, 2.05) is 0 Å². The number of fused-ring (bicyclic) bond motifs is 1. The molecule has 0 fully saturated rings. The first-order valence-electron chi connectivity index (χ1n) is 8.03. The number of ether oxygens (including phenoxy) is 2. The van der Waals surface area contributed by atoms with Gasteiger partial charge in [0.05, 0.1) is 31.3 Å². The van der Waals surface area contributed by atoms with Crippen molar-refractivity contribution >= 4 is 11.0 Å². The first kappa shape index (κ1) is 18.8. The molecule has 0 saturated carbocycles. The summed E-state index contributed by atoms with van der Waals surface area (Å²) < 4.78 is 64.6. The summed E-state index contributed by atoms with van der Waals surface area (Å²) in [5.41, 5.74) is -1.71. The molecule has 1 heterocycles. The van der Waals surface area contributed by atoms with Crippen LogP contribution in [-0.4, -0.2) is 23.3 Å². The van der Waals surface area contributed by atoms with Crippen molar-refractivity contribution in [2.75, 3.05) is 13.7 Å². The molecule has 0 atom stereocenters. The molecule has 0 spiro atoms. The number of benzene rings is 2. The summed E-state index contributed by atoms with van der Waals surface area (Å²) in [4.78, 5) is 14.5. The van der Waals surface area contributed by atoms with E-state index in [0.29, 0.717) is 29.7 Å². The number of aromatic nitrogens is 2. The SMILES string of the molecule is CCOc1cc(Cn2c(=O)[nH]c3cc(C(F)(F)F)cc(F)c32)ccc1OC. The van der Waals surface area contributed by atoms with E-state index in [1.54, 1.807) is 25.1 Å². The number of aromatic amines is 1. The maximum atomic E-state index is 14.3. The molecule has 0 unspecified atom stereocenters. The molecule has 0 amide bonds. The molecule has 5 nitrogen and oxygen atoms in total. The van der Waals surface area contributed by atoms with E-state index in [4.69, 9.17) is 9.47 Å². The Hall–Kier alpha value is -2.97. The maximum Gasteiger partial charge on any atom is 0.416 e. The number of hydrogen-bond acceptors (Lipinski definition) is 3. The van der Waals surface area contributed by atoms with Gasteiger partial charge in [-0.25, -0.2) is 9.18 Å². The van der Waals surface area contributed by atoms with Crippen molar-refractivity contribution < 1.29 is 27.0 Å². The van der Waals surface area contributed by atoms with Gasteiger partial charge in [0.2, 0.25) is 0 Å². The van der Waals surface area contributed by atoms with Crippen LogP contribution < -0.4 is 15.2 Å². The topological polar surface area (TPSA) is 56.2 Å². The standard InChI is InChI=1S/C18H16F4N2O3/c1-3-27-15-6-10(4-5-14(15)26-2)9-24-16-12(19)7-11(18(20,21)22)8-13(16)23-17(24)25/h4-8H,3,9H2,1-2H3,(H,23,25). The lowest BCUT2D eigenvalue weighted by Gasteiger charge is -2.12. The zero-order valence-corrected chi connectivity index (χ0v) is 14.5. The van der Waals surface area contributed by atoms with E-state index in [1.165, 1.54) is 7.11 Å². The Morgan fingerprint density at radius 3 is 2.52 bits per heavy atom. The van der Waals surface area contributed by atoms with Crippen LogP contribution in [-0.2, 0) is 12.7 Å². The monoisotopic (exact) mass is 384 g/mol. The molecule has 0 radical (unpaired) electrons. The summed E-state index contributed by atoms with van der Waals surface area (Å²) >= 11 is 0. The average molecular weight is 384 g/mol. The number of imidazole rings is 1. The van der Waals surface area contributed by atoms with Crippen molar-refractivity contribution in [2.45, 2.75) is 19.6 Å². The maximum absolute atomic E-state index is 14.3. The number of nitrogens with one attached hydrogen (secondary N) is 1. The first-order valence-corrected chi connectivity index (χ1v) is 8.03. The molecule has 0 aliphatic carbocycles. The zero-order chi connectivity index (χ0) is 19.8. The van der Waals surface area contributed by atoms with Gasteiger partial charge in [-0.2, -0.15) is 13.2 Å². The Kier molecular flexibility index (Phi) is 4.86. The van der Waals surface area contributed by atoms with Crippen LogP contribution in [0.4, 0.5) is 17.6 Å². The lowest BCUT2D eigenvalue weighted by Crippen LogP contribution is -2.18. The van der Waals surface area contributed by atoms with Crippen molar-refractivity contribution in [3.63, 3.8) is 0 Å². The van der Waals surface area contributed by atoms with Crippen molar-refractivity contribution in [1.29, 1.82) is 0 Å². The summed E-state index contributed by atoms with van der Waals surface area (Å²) in [5, 5.41) is 0. The number of halogens is 4. The molecule has 0 aliphatic heterocycles. The van der Waals surface area contributed by atoms with Gasteiger partial charge in [0.15, 0.2) is 11.5 Å². The van der Waals surface area contributed by atoms with Crippen LogP contribution in [0.3, 0.4) is 0 Å². The van der Waals surface area contributed by atoms with Crippen LogP contribution in [0.1, 0.15) is 18.1 Å². The van der Waals surface area contributed by atoms with Gasteiger partial charge in [0.1, 0.15) is 11.3 Å². The van der Waals surface area contributed by atoms with Gasteiger partial charge in [-0.1, -0.05) is 6.07 Å². The minimum absolute atomic E-state index is 0.0504. The number of nitrogens with zero attached hydrogens (tertiary/aromatic N) is 1. The fraction of sp³-hybridized carbons (Fsp3) is 0.278. The lowest BCUT2D eigenvalue weighted by atomic mass is 10.1. The number of methoxy groups -OCH3 is 1. The molecule has 0 bridgehead atoms. The lowest BCUT2D eigenvalue weighted by molar-refractivity contribution is -0.137. The minimum Gasteiger partial charge on any atom is -0.493 e. The van der Waals surface area contributed by atoms with Gasteiger partial charge < -0.3 is 14.5 Å². The quantitative estimate of drug-likeness (QED) is 0.678. The Balaban J connectivity index is 2.07. The van der Waals surface area contributed by atoms with E-state index in [0.717, 1.165) is 10.6 Å². The van der Waals surface area contributed by atoms with Crippen LogP contribution in [0.25, 0.3) is 11.0 Å². The highest BCUT2D eigenvalue weighted by Crippen LogP contribution is 2.33. The summed E-state index contributed by atoms with van der Waals surface area (Å²) in [6, 6.07) is 6.03. The van der Waals surface area contributed by atoms with Crippen LogP contribution in [0.2, 0.25) is 0 Å². The number of rotatable bonds is 5. The molecule has 0 saturated heterocycles. The highest BCUT2D eigenvalue weighted by Gasteiger charge is 2.32. The second-order valence-electron chi connectivity index (χ2n) is 5.79. The van der Waals surface area contributed by atoms with Gasteiger partial charge in [-0.05, 0) is 36.8 Å². The third kappa shape index (κ3) is 3.62. The Morgan fingerprint density at radius 1 is 1.15 bits per heavy atom. The van der Waals surface area contributed by atoms with E-state index >= 15 is 0 Å². The van der Waals surface area contributed by atoms with Crippen LogP contribution in [0.5, 0.6) is 11.5 Å². The summed E-state index contributed by atoms with van der Waals surface area (Å²) in [7, 11) is 1.48. The number of alkyl halides is 3. The highest BCUT2D eigenvalue weighted by molar-refractivity contribution is 5.77. The second-order valence-corrected chi connectivity index (χ2v) is 5.79. The van der Waals surface area contributed by atoms with Crippen LogP contribution in [0, 0.1) is 5.82 Å². The molecule has 1 aromatic heterocycles. The predicted octanol–water partition coefficient (Wildman–Crippen LogP) is 3.94. The zero-order valence-electron chi connectivity index (χ0n) is 14.5. The number of hydrogen-bond donors (Lipinski definition) is 1. The van der Waals surface area contributed by atoms with E-state index in [9.17, 15) is 22.4 Å².